The molecule has 1 fully saturated rings. The highest BCUT2D eigenvalue weighted by Crippen LogP contribution is 2.30. The first-order valence-corrected chi connectivity index (χ1v) is 9.92. The molecule has 0 aliphatic carbocycles. The lowest BCUT2D eigenvalue weighted by Gasteiger charge is -2.22. The van der Waals surface area contributed by atoms with Gasteiger partial charge in [0.1, 0.15) is 0 Å². The number of hydrogen-bond donors (Lipinski definition) is 2. The van der Waals surface area contributed by atoms with Gasteiger partial charge in [0.2, 0.25) is 15.9 Å². The lowest BCUT2D eigenvalue weighted by atomic mass is 9.90. The van der Waals surface area contributed by atoms with Gasteiger partial charge in [-0.05, 0) is 30.5 Å². The maximum atomic E-state index is 12.4. The SMILES string of the molecule is COc1ccc(S(=O)(=O)NCCC(=O)N2CCC(C)(CN)C2)cc1OC. The average molecular weight is 385 g/mol. The molecule has 1 aliphatic heterocycles. The molecule has 1 heterocycles. The summed E-state index contributed by atoms with van der Waals surface area (Å²) >= 11 is 0. The van der Waals surface area contributed by atoms with E-state index in [0.717, 1.165) is 6.42 Å². The zero-order chi connectivity index (χ0) is 19.4. The van der Waals surface area contributed by atoms with E-state index in [1.165, 1.54) is 32.4 Å². The Bertz CT molecular complexity index is 753. The van der Waals surface area contributed by atoms with E-state index in [1.54, 1.807) is 4.90 Å². The molecule has 0 aromatic heterocycles. The van der Waals surface area contributed by atoms with Crippen LogP contribution in [-0.4, -0.2) is 59.6 Å². The lowest BCUT2D eigenvalue weighted by Crippen LogP contribution is -2.36. The number of carbonyl (C=O) groups excluding carboxylic acids is 1. The van der Waals surface area contributed by atoms with Crippen LogP contribution >= 0.6 is 0 Å². The zero-order valence-corrected chi connectivity index (χ0v) is 16.3. The number of hydrogen-bond acceptors (Lipinski definition) is 6. The van der Waals surface area contributed by atoms with E-state index in [1.807, 2.05) is 0 Å². The minimum atomic E-state index is -3.74. The third-order valence-electron chi connectivity index (χ3n) is 4.70. The molecule has 8 nitrogen and oxygen atoms in total. The highest BCUT2D eigenvalue weighted by atomic mass is 32.2. The summed E-state index contributed by atoms with van der Waals surface area (Å²) in [5.74, 6) is 0.695. The largest absolute Gasteiger partial charge is 0.493 e. The number of nitrogens with two attached hydrogens (primary N) is 1. The normalized spacial score (nSPS) is 20.2. The summed E-state index contributed by atoms with van der Waals surface area (Å²) in [6.45, 7) is 3.90. The van der Waals surface area contributed by atoms with E-state index in [-0.39, 0.29) is 29.2 Å². The van der Waals surface area contributed by atoms with Crippen LogP contribution in [0.3, 0.4) is 0 Å². The second kappa shape index (κ2) is 8.24. The number of carbonyl (C=O) groups is 1. The molecule has 2 rings (SSSR count). The van der Waals surface area contributed by atoms with Crippen molar-refractivity contribution in [2.75, 3.05) is 40.4 Å². The van der Waals surface area contributed by atoms with Crippen LogP contribution in [-0.2, 0) is 14.8 Å². The summed E-state index contributed by atoms with van der Waals surface area (Å²) in [5.41, 5.74) is 5.70. The molecule has 1 aromatic rings. The average Bonchev–Trinajstić information content (AvgIpc) is 3.04. The Labute approximate surface area is 154 Å². The summed E-state index contributed by atoms with van der Waals surface area (Å²) in [6.07, 6.45) is 0.972. The van der Waals surface area contributed by atoms with Crippen LogP contribution in [0.1, 0.15) is 19.8 Å². The van der Waals surface area contributed by atoms with Crippen LogP contribution in [0.5, 0.6) is 11.5 Å². The number of likely N-dealkylation sites (tertiary alicyclic amines) is 1. The van der Waals surface area contributed by atoms with E-state index in [2.05, 4.69) is 11.6 Å². The van der Waals surface area contributed by atoms with Crippen molar-refractivity contribution < 1.29 is 22.7 Å². The quantitative estimate of drug-likeness (QED) is 0.677. The summed E-state index contributed by atoms with van der Waals surface area (Å²) in [7, 11) is -0.829. The predicted molar refractivity (Wildman–Crippen MR) is 97.7 cm³/mol. The zero-order valence-electron chi connectivity index (χ0n) is 15.4. The summed E-state index contributed by atoms with van der Waals surface area (Å²) < 4.78 is 37.5. The topological polar surface area (TPSA) is 111 Å². The van der Waals surface area contributed by atoms with Gasteiger partial charge in [0.15, 0.2) is 11.5 Å². The third-order valence-corrected chi connectivity index (χ3v) is 6.16. The van der Waals surface area contributed by atoms with Gasteiger partial charge in [0.05, 0.1) is 19.1 Å². The molecule has 0 radical (unpaired) electrons. The predicted octanol–water partition coefficient (Wildman–Crippen LogP) is 0.570. The summed E-state index contributed by atoms with van der Waals surface area (Å²) in [4.78, 5) is 14.1. The minimum Gasteiger partial charge on any atom is -0.493 e. The van der Waals surface area contributed by atoms with Crippen LogP contribution < -0.4 is 19.9 Å². The summed E-state index contributed by atoms with van der Waals surface area (Å²) in [6, 6.07) is 4.34. The number of rotatable bonds is 8. The molecule has 0 bridgehead atoms. The highest BCUT2D eigenvalue weighted by Gasteiger charge is 2.34. The maximum Gasteiger partial charge on any atom is 0.240 e. The molecule has 9 heteroatoms. The Balaban J connectivity index is 1.93. The fourth-order valence-electron chi connectivity index (χ4n) is 2.92. The van der Waals surface area contributed by atoms with Crippen molar-refractivity contribution in [1.82, 2.24) is 9.62 Å². The molecule has 1 aromatic carbocycles. The standard InChI is InChI=1S/C17H27N3O5S/c1-17(11-18)7-9-20(12-17)16(21)6-8-19-26(22,23)13-4-5-14(24-2)15(10-13)25-3/h4-5,10,19H,6-9,11-12,18H2,1-3H3. The minimum absolute atomic E-state index is 0.0331. The molecule has 1 aliphatic rings. The van der Waals surface area contributed by atoms with Crippen molar-refractivity contribution in [3.8, 4) is 11.5 Å². The van der Waals surface area contributed by atoms with Crippen LogP contribution in [0.15, 0.2) is 23.1 Å². The molecule has 146 valence electrons. The Kier molecular flexibility index (Phi) is 6.48. The molecular formula is C17H27N3O5S. The second-order valence-electron chi connectivity index (χ2n) is 6.74. The van der Waals surface area contributed by atoms with Gasteiger partial charge in [-0.2, -0.15) is 0 Å². The van der Waals surface area contributed by atoms with Gasteiger partial charge in [0, 0.05) is 32.1 Å². The van der Waals surface area contributed by atoms with Crippen LogP contribution in [0.25, 0.3) is 0 Å². The van der Waals surface area contributed by atoms with Gasteiger partial charge in [-0.25, -0.2) is 13.1 Å². The number of sulfonamides is 1. The van der Waals surface area contributed by atoms with Crippen molar-refractivity contribution in [2.45, 2.75) is 24.7 Å². The van der Waals surface area contributed by atoms with Crippen molar-refractivity contribution in [3.05, 3.63) is 18.2 Å². The molecule has 1 amide bonds. The van der Waals surface area contributed by atoms with Gasteiger partial charge in [0.25, 0.3) is 0 Å². The monoisotopic (exact) mass is 385 g/mol. The fourth-order valence-corrected chi connectivity index (χ4v) is 3.97. The third kappa shape index (κ3) is 4.66. The van der Waals surface area contributed by atoms with Crippen molar-refractivity contribution >= 4 is 15.9 Å². The van der Waals surface area contributed by atoms with Crippen LogP contribution in [0.4, 0.5) is 0 Å². The van der Waals surface area contributed by atoms with E-state index in [9.17, 15) is 13.2 Å². The number of nitrogens with one attached hydrogen (secondary N) is 1. The number of ether oxygens (including phenoxy) is 2. The van der Waals surface area contributed by atoms with Crippen LogP contribution in [0, 0.1) is 5.41 Å². The Morgan fingerprint density at radius 3 is 2.58 bits per heavy atom. The van der Waals surface area contributed by atoms with Crippen molar-refractivity contribution in [2.24, 2.45) is 11.1 Å². The molecule has 26 heavy (non-hydrogen) atoms. The van der Waals surface area contributed by atoms with Gasteiger partial charge in [-0.1, -0.05) is 6.92 Å². The number of amides is 1. The Hall–Kier alpha value is -1.84. The van der Waals surface area contributed by atoms with Gasteiger partial charge >= 0.3 is 0 Å². The lowest BCUT2D eigenvalue weighted by molar-refractivity contribution is -0.130. The van der Waals surface area contributed by atoms with Crippen molar-refractivity contribution in [1.29, 1.82) is 0 Å². The molecule has 1 unspecified atom stereocenters. The smallest absolute Gasteiger partial charge is 0.240 e. The Morgan fingerprint density at radius 2 is 2.00 bits per heavy atom. The van der Waals surface area contributed by atoms with E-state index >= 15 is 0 Å². The number of methoxy groups -OCH3 is 2. The Morgan fingerprint density at radius 1 is 1.31 bits per heavy atom. The first-order valence-electron chi connectivity index (χ1n) is 8.44. The first kappa shape index (κ1) is 20.5. The number of benzene rings is 1. The highest BCUT2D eigenvalue weighted by molar-refractivity contribution is 7.89. The number of nitrogens with zero attached hydrogens (tertiary/aromatic N) is 1. The van der Waals surface area contributed by atoms with Gasteiger partial charge in [-0.15, -0.1) is 0 Å². The second-order valence-corrected chi connectivity index (χ2v) is 8.51. The molecule has 1 saturated heterocycles. The molecular weight excluding hydrogens is 358 g/mol. The molecule has 0 saturated carbocycles. The molecule has 3 N–H and O–H groups in total. The first-order chi connectivity index (χ1) is 12.2. The molecule has 0 spiro atoms. The van der Waals surface area contributed by atoms with Crippen LogP contribution in [0.2, 0.25) is 0 Å². The van der Waals surface area contributed by atoms with Gasteiger partial charge in [-0.3, -0.25) is 4.79 Å². The van der Waals surface area contributed by atoms with Crippen molar-refractivity contribution in [3.63, 3.8) is 0 Å². The molecule has 1 atom stereocenters. The fraction of sp³-hybridized carbons (Fsp3) is 0.588. The van der Waals surface area contributed by atoms with E-state index < -0.39 is 10.0 Å². The van der Waals surface area contributed by atoms with E-state index in [4.69, 9.17) is 15.2 Å². The maximum absolute atomic E-state index is 12.4. The van der Waals surface area contributed by atoms with Gasteiger partial charge < -0.3 is 20.1 Å². The van der Waals surface area contributed by atoms with E-state index in [0.29, 0.717) is 31.1 Å². The summed E-state index contributed by atoms with van der Waals surface area (Å²) in [5, 5.41) is 0.